The zero-order valence-electron chi connectivity index (χ0n) is 11.0. The molecule has 0 bridgehead atoms. The second-order valence-corrected chi connectivity index (χ2v) is 4.38. The molecule has 0 aliphatic rings. The first-order chi connectivity index (χ1) is 9.43. The van der Waals surface area contributed by atoms with E-state index in [1.54, 1.807) is 13.0 Å². The van der Waals surface area contributed by atoms with E-state index in [2.05, 4.69) is 5.32 Å². The van der Waals surface area contributed by atoms with Gasteiger partial charge in [-0.3, -0.25) is 4.79 Å². The van der Waals surface area contributed by atoms with Gasteiger partial charge in [-0.1, -0.05) is 19.1 Å². The van der Waals surface area contributed by atoms with Crippen LogP contribution < -0.4 is 15.5 Å². The van der Waals surface area contributed by atoms with Gasteiger partial charge in [0.05, 0.1) is 5.97 Å². The van der Waals surface area contributed by atoms with Gasteiger partial charge in [-0.2, -0.15) is 0 Å². The SMILES string of the molecule is CC[C@H](CCC(=O)Nc1cccc(C(=O)[O-])c1)C(=O)[O-]. The van der Waals surface area contributed by atoms with Gasteiger partial charge in [0.15, 0.2) is 0 Å². The Bertz CT molecular complexity index is 512. The third kappa shape index (κ3) is 4.72. The van der Waals surface area contributed by atoms with E-state index in [0.717, 1.165) is 0 Å². The van der Waals surface area contributed by atoms with Crippen LogP contribution in [0.4, 0.5) is 5.69 Å². The minimum absolute atomic E-state index is 0.0298. The molecule has 1 atom stereocenters. The highest BCUT2D eigenvalue weighted by molar-refractivity contribution is 5.93. The molecule has 20 heavy (non-hydrogen) atoms. The highest BCUT2D eigenvalue weighted by atomic mass is 16.4. The Hall–Kier alpha value is -2.37. The molecule has 1 N–H and O–H groups in total. The zero-order chi connectivity index (χ0) is 15.1. The second kappa shape index (κ2) is 7.28. The minimum atomic E-state index is -1.33. The molecular formula is C14H15NO5-2. The molecule has 108 valence electrons. The van der Waals surface area contributed by atoms with E-state index in [4.69, 9.17) is 0 Å². The predicted octanol–water partition coefficient (Wildman–Crippen LogP) is -0.455. The average molecular weight is 277 g/mol. The predicted molar refractivity (Wildman–Crippen MR) is 67.4 cm³/mol. The molecule has 0 fully saturated rings. The molecule has 0 unspecified atom stereocenters. The number of carbonyl (C=O) groups is 3. The fraction of sp³-hybridized carbons (Fsp3) is 0.357. The number of carboxylic acid groups (broad SMARTS) is 2. The maximum absolute atomic E-state index is 11.6. The summed E-state index contributed by atoms with van der Waals surface area (Å²) in [4.78, 5) is 33.0. The second-order valence-electron chi connectivity index (χ2n) is 4.38. The van der Waals surface area contributed by atoms with Crippen molar-refractivity contribution in [2.24, 2.45) is 5.92 Å². The molecule has 0 saturated heterocycles. The maximum atomic E-state index is 11.6. The van der Waals surface area contributed by atoms with Crippen molar-refractivity contribution in [3.8, 4) is 0 Å². The summed E-state index contributed by atoms with van der Waals surface area (Å²) in [5.41, 5.74) is 0.294. The van der Waals surface area contributed by atoms with Crippen molar-refractivity contribution in [1.29, 1.82) is 0 Å². The fourth-order valence-corrected chi connectivity index (χ4v) is 1.74. The standard InChI is InChI=1S/C14H17NO5/c1-2-9(13(17)18)6-7-12(16)15-11-5-3-4-10(8-11)14(19)20/h3-5,8-9H,2,6-7H2,1H3,(H,15,16)(H,17,18)(H,19,20)/p-2/t9-/m1/s1. The lowest BCUT2D eigenvalue weighted by molar-refractivity contribution is -0.311. The van der Waals surface area contributed by atoms with Gasteiger partial charge < -0.3 is 25.1 Å². The summed E-state index contributed by atoms with van der Waals surface area (Å²) >= 11 is 0. The van der Waals surface area contributed by atoms with E-state index >= 15 is 0 Å². The number of nitrogens with one attached hydrogen (secondary N) is 1. The molecule has 0 radical (unpaired) electrons. The van der Waals surface area contributed by atoms with Crippen molar-refractivity contribution in [3.05, 3.63) is 29.8 Å². The number of benzene rings is 1. The Morgan fingerprint density at radius 1 is 1.25 bits per heavy atom. The van der Waals surface area contributed by atoms with Gasteiger partial charge in [0.25, 0.3) is 0 Å². The fourth-order valence-electron chi connectivity index (χ4n) is 1.74. The third-order valence-corrected chi connectivity index (χ3v) is 2.93. The molecule has 0 heterocycles. The summed E-state index contributed by atoms with van der Waals surface area (Å²) in [7, 11) is 0. The van der Waals surface area contributed by atoms with Gasteiger partial charge in [0, 0.05) is 18.1 Å². The molecule has 1 rings (SSSR count). The first-order valence-corrected chi connectivity index (χ1v) is 6.26. The first kappa shape index (κ1) is 15.7. The zero-order valence-corrected chi connectivity index (χ0v) is 11.0. The largest absolute Gasteiger partial charge is 0.550 e. The Kier molecular flexibility index (Phi) is 5.71. The third-order valence-electron chi connectivity index (χ3n) is 2.93. The molecule has 0 aliphatic carbocycles. The van der Waals surface area contributed by atoms with Crippen LogP contribution >= 0.6 is 0 Å². The smallest absolute Gasteiger partial charge is 0.224 e. The number of rotatable bonds is 7. The van der Waals surface area contributed by atoms with Crippen molar-refractivity contribution in [2.45, 2.75) is 26.2 Å². The van der Waals surface area contributed by atoms with Crippen molar-refractivity contribution >= 4 is 23.5 Å². The number of aromatic carboxylic acids is 1. The Labute approximate surface area is 116 Å². The summed E-state index contributed by atoms with van der Waals surface area (Å²) < 4.78 is 0. The van der Waals surface area contributed by atoms with Gasteiger partial charge >= 0.3 is 0 Å². The number of amides is 1. The van der Waals surface area contributed by atoms with Crippen LogP contribution in [0.2, 0.25) is 0 Å². The lowest BCUT2D eigenvalue weighted by Gasteiger charge is -2.15. The van der Waals surface area contributed by atoms with Gasteiger partial charge in [-0.25, -0.2) is 0 Å². The van der Waals surface area contributed by atoms with E-state index < -0.39 is 17.9 Å². The van der Waals surface area contributed by atoms with Gasteiger partial charge in [0.2, 0.25) is 5.91 Å². The molecule has 1 aromatic carbocycles. The van der Waals surface area contributed by atoms with E-state index in [1.807, 2.05) is 0 Å². The van der Waals surface area contributed by atoms with Gasteiger partial charge in [0.1, 0.15) is 0 Å². The highest BCUT2D eigenvalue weighted by Crippen LogP contribution is 2.13. The van der Waals surface area contributed by atoms with Crippen molar-refractivity contribution in [1.82, 2.24) is 0 Å². The maximum Gasteiger partial charge on any atom is 0.224 e. The van der Waals surface area contributed by atoms with E-state index in [9.17, 15) is 24.6 Å². The number of anilines is 1. The summed E-state index contributed by atoms with van der Waals surface area (Å²) in [6.07, 6.45) is 0.614. The number of carboxylic acids is 2. The molecule has 1 aromatic rings. The lowest BCUT2D eigenvalue weighted by Crippen LogP contribution is -2.31. The summed E-state index contributed by atoms with van der Waals surface area (Å²) in [6.45, 7) is 1.71. The number of aliphatic carboxylic acids is 1. The lowest BCUT2D eigenvalue weighted by atomic mass is 10.0. The molecule has 0 saturated carbocycles. The Balaban J connectivity index is 2.56. The monoisotopic (exact) mass is 277 g/mol. The molecule has 6 heteroatoms. The van der Waals surface area contributed by atoms with Gasteiger partial charge in [-0.05, 0) is 36.5 Å². The molecule has 0 aliphatic heterocycles. The molecule has 0 spiro atoms. The van der Waals surface area contributed by atoms with Crippen LogP contribution in [0.5, 0.6) is 0 Å². The topological polar surface area (TPSA) is 109 Å². The minimum Gasteiger partial charge on any atom is -0.550 e. The van der Waals surface area contributed by atoms with Crippen LogP contribution in [0.15, 0.2) is 24.3 Å². The average Bonchev–Trinajstić information content (AvgIpc) is 2.39. The highest BCUT2D eigenvalue weighted by Gasteiger charge is 2.10. The van der Waals surface area contributed by atoms with Crippen LogP contribution in [0.25, 0.3) is 0 Å². The van der Waals surface area contributed by atoms with Crippen molar-refractivity contribution in [3.63, 3.8) is 0 Å². The Morgan fingerprint density at radius 2 is 1.95 bits per heavy atom. The Morgan fingerprint density at radius 3 is 2.50 bits per heavy atom. The molecule has 0 aromatic heterocycles. The van der Waals surface area contributed by atoms with Crippen LogP contribution in [0.1, 0.15) is 36.5 Å². The summed E-state index contributed by atoms with van der Waals surface area (Å²) in [5, 5.41) is 23.9. The van der Waals surface area contributed by atoms with E-state index in [-0.39, 0.29) is 24.3 Å². The number of hydrogen-bond donors (Lipinski definition) is 1. The van der Waals surface area contributed by atoms with Gasteiger partial charge in [-0.15, -0.1) is 0 Å². The normalized spacial score (nSPS) is 11.7. The van der Waals surface area contributed by atoms with E-state index in [1.165, 1.54) is 18.2 Å². The van der Waals surface area contributed by atoms with Crippen LogP contribution in [0.3, 0.4) is 0 Å². The van der Waals surface area contributed by atoms with Crippen LogP contribution in [-0.4, -0.2) is 17.8 Å². The first-order valence-electron chi connectivity index (χ1n) is 6.26. The molecule has 1 amide bonds. The quantitative estimate of drug-likeness (QED) is 0.725. The summed E-state index contributed by atoms with van der Waals surface area (Å²) in [5.74, 6) is -3.53. The molecule has 6 nitrogen and oxygen atoms in total. The summed E-state index contributed by atoms with van der Waals surface area (Å²) in [6, 6.07) is 5.66. The van der Waals surface area contributed by atoms with Crippen LogP contribution in [-0.2, 0) is 9.59 Å². The van der Waals surface area contributed by atoms with Crippen molar-refractivity contribution in [2.75, 3.05) is 5.32 Å². The van der Waals surface area contributed by atoms with Crippen molar-refractivity contribution < 1.29 is 24.6 Å². The molecular weight excluding hydrogens is 262 g/mol. The van der Waals surface area contributed by atoms with E-state index in [0.29, 0.717) is 12.1 Å². The number of carbonyl (C=O) groups excluding carboxylic acids is 3. The number of hydrogen-bond acceptors (Lipinski definition) is 5. The van der Waals surface area contributed by atoms with Crippen LogP contribution in [0, 0.1) is 5.92 Å².